The lowest BCUT2D eigenvalue weighted by Crippen LogP contribution is -2.34. The van der Waals surface area contributed by atoms with Gasteiger partial charge in [-0.15, -0.1) is 0 Å². The maximum Gasteiger partial charge on any atom is 0.254 e. The van der Waals surface area contributed by atoms with Gasteiger partial charge < -0.3 is 14.4 Å². The van der Waals surface area contributed by atoms with Crippen molar-refractivity contribution in [1.29, 1.82) is 0 Å². The summed E-state index contributed by atoms with van der Waals surface area (Å²) in [6.45, 7) is 1.25. The summed E-state index contributed by atoms with van der Waals surface area (Å²) in [5.74, 6) is 0.827. The standard InChI is InChI=1S/C20H20ClNO3/c1-24-18-13-16(12-17(21)19(18)25-2)20(23)22-10-8-15(9-11-22)14-6-4-3-5-7-14/h3-8,12-13H,9-11H2,1-2H3. The first-order chi connectivity index (χ1) is 12.1. The van der Waals surface area contributed by atoms with Crippen molar-refractivity contribution < 1.29 is 14.3 Å². The van der Waals surface area contributed by atoms with Crippen LogP contribution in [-0.2, 0) is 0 Å². The van der Waals surface area contributed by atoms with Gasteiger partial charge in [-0.1, -0.05) is 48.0 Å². The van der Waals surface area contributed by atoms with E-state index in [4.69, 9.17) is 21.1 Å². The molecule has 4 nitrogen and oxygen atoms in total. The monoisotopic (exact) mass is 357 g/mol. The number of ether oxygens (including phenoxy) is 2. The highest BCUT2D eigenvalue weighted by Gasteiger charge is 2.22. The van der Waals surface area contributed by atoms with Crippen LogP contribution in [0.4, 0.5) is 0 Å². The fourth-order valence-corrected chi connectivity index (χ4v) is 3.28. The topological polar surface area (TPSA) is 38.8 Å². The van der Waals surface area contributed by atoms with Crippen LogP contribution >= 0.6 is 11.6 Å². The van der Waals surface area contributed by atoms with Gasteiger partial charge in [0.25, 0.3) is 5.91 Å². The van der Waals surface area contributed by atoms with Gasteiger partial charge in [-0.05, 0) is 29.7 Å². The van der Waals surface area contributed by atoms with E-state index in [2.05, 4.69) is 18.2 Å². The average Bonchev–Trinajstić information content (AvgIpc) is 2.67. The summed E-state index contributed by atoms with van der Waals surface area (Å²) in [5, 5.41) is 0.364. The third-order valence-corrected chi connectivity index (χ3v) is 4.60. The quantitative estimate of drug-likeness (QED) is 0.819. The highest BCUT2D eigenvalue weighted by Crippen LogP contribution is 2.36. The van der Waals surface area contributed by atoms with E-state index in [-0.39, 0.29) is 5.91 Å². The number of rotatable bonds is 4. The highest BCUT2D eigenvalue weighted by atomic mass is 35.5. The van der Waals surface area contributed by atoms with Crippen LogP contribution in [0.3, 0.4) is 0 Å². The summed E-state index contributed by atoms with van der Waals surface area (Å²) in [7, 11) is 3.05. The molecule has 0 unspecified atom stereocenters. The number of amides is 1. The smallest absolute Gasteiger partial charge is 0.254 e. The second kappa shape index (κ2) is 7.62. The van der Waals surface area contributed by atoms with E-state index < -0.39 is 0 Å². The zero-order valence-electron chi connectivity index (χ0n) is 14.3. The molecule has 3 rings (SSSR count). The lowest BCUT2D eigenvalue weighted by Gasteiger charge is -2.27. The summed E-state index contributed by atoms with van der Waals surface area (Å²) in [5.41, 5.74) is 2.98. The zero-order valence-corrected chi connectivity index (χ0v) is 15.0. The Balaban J connectivity index is 1.79. The molecule has 5 heteroatoms. The van der Waals surface area contributed by atoms with Crippen molar-refractivity contribution in [1.82, 2.24) is 4.90 Å². The fourth-order valence-electron chi connectivity index (χ4n) is 2.99. The molecule has 1 aliphatic rings. The number of hydrogen-bond donors (Lipinski definition) is 0. The van der Waals surface area contributed by atoms with Crippen molar-refractivity contribution in [3.63, 3.8) is 0 Å². The Morgan fingerprint density at radius 3 is 2.48 bits per heavy atom. The second-order valence-corrected chi connectivity index (χ2v) is 6.20. The first kappa shape index (κ1) is 17.4. The summed E-state index contributed by atoms with van der Waals surface area (Å²) >= 11 is 6.21. The Labute approximate surface area is 152 Å². The van der Waals surface area contributed by atoms with Gasteiger partial charge in [0.1, 0.15) is 0 Å². The molecule has 0 aliphatic carbocycles. The number of hydrogen-bond acceptors (Lipinski definition) is 3. The minimum absolute atomic E-state index is 0.0637. The molecule has 130 valence electrons. The van der Waals surface area contributed by atoms with Crippen LogP contribution in [0.2, 0.25) is 5.02 Å². The molecule has 0 saturated carbocycles. The van der Waals surface area contributed by atoms with Crippen molar-refractivity contribution in [2.45, 2.75) is 6.42 Å². The number of benzene rings is 2. The predicted molar refractivity (Wildman–Crippen MR) is 99.5 cm³/mol. The molecular formula is C20H20ClNO3. The molecule has 2 aromatic carbocycles. The van der Waals surface area contributed by atoms with Gasteiger partial charge in [-0.25, -0.2) is 0 Å². The van der Waals surface area contributed by atoms with Gasteiger partial charge >= 0.3 is 0 Å². The van der Waals surface area contributed by atoms with Crippen LogP contribution in [0.1, 0.15) is 22.3 Å². The zero-order chi connectivity index (χ0) is 17.8. The third-order valence-electron chi connectivity index (χ3n) is 4.32. The van der Waals surface area contributed by atoms with Crippen molar-refractivity contribution in [3.05, 3.63) is 64.7 Å². The SMILES string of the molecule is COc1cc(C(=O)N2CC=C(c3ccccc3)CC2)cc(Cl)c1OC. The molecule has 0 atom stereocenters. The summed E-state index contributed by atoms with van der Waals surface area (Å²) in [4.78, 5) is 14.6. The molecule has 0 bridgehead atoms. The van der Waals surface area contributed by atoms with Crippen molar-refractivity contribution in [2.24, 2.45) is 0 Å². The van der Waals surface area contributed by atoms with Gasteiger partial charge in [0.05, 0.1) is 19.2 Å². The van der Waals surface area contributed by atoms with Crippen LogP contribution in [0, 0.1) is 0 Å². The van der Waals surface area contributed by atoms with E-state index in [9.17, 15) is 4.79 Å². The van der Waals surface area contributed by atoms with E-state index in [1.165, 1.54) is 25.4 Å². The van der Waals surface area contributed by atoms with E-state index in [0.717, 1.165) is 6.42 Å². The molecule has 0 fully saturated rings. The van der Waals surface area contributed by atoms with Gasteiger partial charge in [-0.2, -0.15) is 0 Å². The van der Waals surface area contributed by atoms with Crippen LogP contribution < -0.4 is 9.47 Å². The maximum absolute atomic E-state index is 12.8. The molecule has 25 heavy (non-hydrogen) atoms. The van der Waals surface area contributed by atoms with E-state index in [0.29, 0.717) is 35.2 Å². The maximum atomic E-state index is 12.8. The Morgan fingerprint density at radius 2 is 1.88 bits per heavy atom. The number of carbonyl (C=O) groups excluding carboxylic acids is 1. The Hall–Kier alpha value is -2.46. The molecule has 1 amide bonds. The summed E-state index contributed by atoms with van der Waals surface area (Å²) < 4.78 is 10.5. The molecule has 1 aliphatic heterocycles. The van der Waals surface area contributed by atoms with Crippen molar-refractivity contribution >= 4 is 23.1 Å². The van der Waals surface area contributed by atoms with Gasteiger partial charge in [0, 0.05) is 18.7 Å². The molecule has 0 saturated heterocycles. The largest absolute Gasteiger partial charge is 0.493 e. The van der Waals surface area contributed by atoms with Gasteiger partial charge in [-0.3, -0.25) is 4.79 Å². The Bertz CT molecular complexity index is 802. The number of halogens is 1. The minimum Gasteiger partial charge on any atom is -0.493 e. The first-order valence-corrected chi connectivity index (χ1v) is 8.47. The van der Waals surface area contributed by atoms with E-state index in [1.807, 2.05) is 23.1 Å². The molecule has 1 heterocycles. The van der Waals surface area contributed by atoms with Crippen LogP contribution in [-0.4, -0.2) is 38.1 Å². The predicted octanol–water partition coefficient (Wildman–Crippen LogP) is 4.29. The number of carbonyl (C=O) groups is 1. The van der Waals surface area contributed by atoms with Crippen LogP contribution in [0.25, 0.3) is 5.57 Å². The molecule has 0 spiro atoms. The van der Waals surface area contributed by atoms with E-state index >= 15 is 0 Å². The van der Waals surface area contributed by atoms with Gasteiger partial charge in [0.2, 0.25) is 0 Å². The van der Waals surface area contributed by atoms with Gasteiger partial charge in [0.15, 0.2) is 11.5 Å². The summed E-state index contributed by atoms with van der Waals surface area (Å²) in [6, 6.07) is 13.5. The molecule has 0 N–H and O–H groups in total. The second-order valence-electron chi connectivity index (χ2n) is 5.79. The third kappa shape index (κ3) is 3.64. The lowest BCUT2D eigenvalue weighted by atomic mass is 9.99. The Kier molecular flexibility index (Phi) is 5.29. The lowest BCUT2D eigenvalue weighted by molar-refractivity contribution is 0.0772. The van der Waals surface area contributed by atoms with E-state index in [1.54, 1.807) is 12.1 Å². The summed E-state index contributed by atoms with van der Waals surface area (Å²) in [6.07, 6.45) is 2.94. The first-order valence-electron chi connectivity index (χ1n) is 8.09. The fraction of sp³-hybridized carbons (Fsp3) is 0.250. The highest BCUT2D eigenvalue weighted by molar-refractivity contribution is 6.32. The molecular weight excluding hydrogens is 338 g/mol. The molecule has 0 radical (unpaired) electrons. The average molecular weight is 358 g/mol. The minimum atomic E-state index is -0.0637. The van der Waals surface area contributed by atoms with Crippen LogP contribution in [0.5, 0.6) is 11.5 Å². The molecule has 0 aromatic heterocycles. The normalized spacial score (nSPS) is 14.0. The number of methoxy groups -OCH3 is 2. The number of nitrogens with zero attached hydrogens (tertiary/aromatic N) is 1. The van der Waals surface area contributed by atoms with Crippen molar-refractivity contribution in [3.8, 4) is 11.5 Å². The van der Waals surface area contributed by atoms with Crippen molar-refractivity contribution in [2.75, 3.05) is 27.3 Å². The Morgan fingerprint density at radius 1 is 1.12 bits per heavy atom. The molecule has 2 aromatic rings. The van der Waals surface area contributed by atoms with Crippen LogP contribution in [0.15, 0.2) is 48.5 Å².